The number of methoxy groups -OCH3 is 1. The molecule has 40 heavy (non-hydrogen) atoms. The van der Waals surface area contributed by atoms with E-state index in [0.717, 1.165) is 50.9 Å². The number of ketones is 2. The van der Waals surface area contributed by atoms with Gasteiger partial charge in [-0.15, -0.1) is 0 Å². The highest BCUT2D eigenvalue weighted by molar-refractivity contribution is 14.1. The first-order chi connectivity index (χ1) is 18.9. The van der Waals surface area contributed by atoms with Crippen molar-refractivity contribution in [2.75, 3.05) is 13.7 Å². The second-order valence-electron chi connectivity index (χ2n) is 13.0. The minimum Gasteiger partial charge on any atom is -0.493 e. The Balaban J connectivity index is 1.76. The first-order valence-corrected chi connectivity index (χ1v) is 15.4. The summed E-state index contributed by atoms with van der Waals surface area (Å²) in [6.07, 6.45) is 3.40. The molecule has 0 saturated heterocycles. The van der Waals surface area contributed by atoms with Crippen molar-refractivity contribution in [1.82, 2.24) is 4.90 Å². The molecule has 0 unspecified atom stereocenters. The largest absolute Gasteiger partial charge is 0.493 e. The van der Waals surface area contributed by atoms with E-state index in [4.69, 9.17) is 9.47 Å². The Labute approximate surface area is 252 Å². The van der Waals surface area contributed by atoms with Gasteiger partial charge in [0.15, 0.2) is 23.1 Å². The van der Waals surface area contributed by atoms with Gasteiger partial charge in [0.05, 0.1) is 17.3 Å². The lowest BCUT2D eigenvalue weighted by molar-refractivity contribution is -0.119. The fourth-order valence-corrected chi connectivity index (χ4v) is 7.37. The van der Waals surface area contributed by atoms with Crippen LogP contribution in [-0.2, 0) is 16.1 Å². The van der Waals surface area contributed by atoms with Crippen LogP contribution in [0.4, 0.5) is 0 Å². The molecule has 0 fully saturated rings. The van der Waals surface area contributed by atoms with Crippen LogP contribution in [0.5, 0.6) is 11.5 Å². The fraction of sp³-hybridized carbons (Fsp3) is 0.471. The topological polar surface area (TPSA) is 55.8 Å². The molecule has 5 nitrogen and oxygen atoms in total. The Morgan fingerprint density at radius 3 is 2.00 bits per heavy atom. The molecule has 6 heteroatoms. The third-order valence-corrected chi connectivity index (χ3v) is 9.04. The van der Waals surface area contributed by atoms with Crippen LogP contribution in [0.3, 0.4) is 0 Å². The Morgan fingerprint density at radius 2 is 1.48 bits per heavy atom. The highest BCUT2D eigenvalue weighted by Gasteiger charge is 2.49. The van der Waals surface area contributed by atoms with Crippen molar-refractivity contribution in [3.8, 4) is 11.5 Å². The van der Waals surface area contributed by atoms with Crippen LogP contribution in [0.15, 0.2) is 65.0 Å². The maximum Gasteiger partial charge on any atom is 0.174 e. The molecule has 2 aliphatic carbocycles. The van der Waals surface area contributed by atoms with Gasteiger partial charge in [0.2, 0.25) is 0 Å². The number of rotatable bonds is 7. The van der Waals surface area contributed by atoms with Gasteiger partial charge in [-0.25, -0.2) is 0 Å². The molecule has 0 radical (unpaired) electrons. The molecule has 212 valence electrons. The maximum atomic E-state index is 14.1. The van der Waals surface area contributed by atoms with Gasteiger partial charge in [-0.05, 0) is 75.9 Å². The van der Waals surface area contributed by atoms with E-state index in [1.54, 1.807) is 7.11 Å². The normalized spacial score (nSPS) is 20.4. The van der Waals surface area contributed by atoms with Gasteiger partial charge in [-0.3, -0.25) is 9.59 Å². The number of nitrogens with zero attached hydrogens (tertiary/aromatic N) is 1. The maximum absolute atomic E-state index is 14.1. The Kier molecular flexibility index (Phi) is 7.94. The number of hydrogen-bond acceptors (Lipinski definition) is 5. The minimum atomic E-state index is -0.410. The number of halogens is 1. The zero-order valence-corrected chi connectivity index (χ0v) is 26.7. The molecule has 1 aliphatic heterocycles. The number of carbonyl (C=O) groups is 2. The van der Waals surface area contributed by atoms with Crippen LogP contribution in [0.1, 0.15) is 83.8 Å². The molecule has 0 amide bonds. The van der Waals surface area contributed by atoms with E-state index in [1.807, 2.05) is 12.1 Å². The van der Waals surface area contributed by atoms with E-state index in [1.165, 1.54) is 5.56 Å². The molecule has 2 aromatic carbocycles. The van der Waals surface area contributed by atoms with E-state index < -0.39 is 5.92 Å². The van der Waals surface area contributed by atoms with Crippen molar-refractivity contribution < 1.29 is 19.1 Å². The summed E-state index contributed by atoms with van der Waals surface area (Å²) in [5.74, 6) is 1.22. The first-order valence-electron chi connectivity index (χ1n) is 14.3. The molecule has 0 bridgehead atoms. The van der Waals surface area contributed by atoms with E-state index >= 15 is 0 Å². The van der Waals surface area contributed by atoms with Crippen molar-refractivity contribution in [3.63, 3.8) is 0 Å². The molecule has 1 heterocycles. The zero-order chi connectivity index (χ0) is 28.8. The zero-order valence-electron chi connectivity index (χ0n) is 24.5. The van der Waals surface area contributed by atoms with Gasteiger partial charge in [-0.2, -0.15) is 0 Å². The Hall–Kier alpha value is -2.61. The van der Waals surface area contributed by atoms with Crippen molar-refractivity contribution in [2.45, 2.75) is 79.2 Å². The summed E-state index contributed by atoms with van der Waals surface area (Å²) in [4.78, 5) is 30.5. The summed E-state index contributed by atoms with van der Waals surface area (Å²) in [5, 5.41) is 0. The fourth-order valence-electron chi connectivity index (χ4n) is 6.59. The van der Waals surface area contributed by atoms with Crippen LogP contribution in [0, 0.1) is 14.4 Å². The van der Waals surface area contributed by atoms with E-state index in [-0.39, 0.29) is 22.4 Å². The molecule has 0 N–H and O–H groups in total. The lowest BCUT2D eigenvalue weighted by atomic mass is 9.63. The van der Waals surface area contributed by atoms with Gasteiger partial charge >= 0.3 is 0 Å². The third kappa shape index (κ3) is 5.48. The average molecular weight is 654 g/mol. The predicted molar refractivity (Wildman–Crippen MR) is 166 cm³/mol. The van der Waals surface area contributed by atoms with Crippen molar-refractivity contribution >= 4 is 34.2 Å². The second kappa shape index (κ2) is 11.0. The van der Waals surface area contributed by atoms with Crippen molar-refractivity contribution in [3.05, 3.63) is 79.7 Å². The van der Waals surface area contributed by atoms with Crippen LogP contribution >= 0.6 is 22.6 Å². The molecule has 2 aromatic rings. The summed E-state index contributed by atoms with van der Waals surface area (Å²) >= 11 is 2.29. The summed E-state index contributed by atoms with van der Waals surface area (Å²) < 4.78 is 12.8. The molecule has 5 rings (SSSR count). The van der Waals surface area contributed by atoms with Crippen molar-refractivity contribution in [1.29, 1.82) is 0 Å². The predicted octanol–water partition coefficient (Wildman–Crippen LogP) is 7.97. The highest BCUT2D eigenvalue weighted by atomic mass is 127. The molecule has 0 aromatic heterocycles. The standard InChI is InChI=1S/C34H40INO4/c1-7-13-40-32-23(35)14-22(15-28(32)39-6)29-30-24(16-33(2,3)18-26(30)37)36(20-21-11-9-8-10-12-21)25-17-34(4,5)19-27(38)31(25)29/h8-12,14-15,29H,7,13,16-20H2,1-6H3. The number of benzene rings is 2. The summed E-state index contributed by atoms with van der Waals surface area (Å²) in [6.45, 7) is 12.0. The Morgan fingerprint density at radius 1 is 0.900 bits per heavy atom. The molecule has 0 saturated carbocycles. The van der Waals surface area contributed by atoms with E-state index in [0.29, 0.717) is 37.5 Å². The second-order valence-corrected chi connectivity index (χ2v) is 14.2. The minimum absolute atomic E-state index is 0.138. The summed E-state index contributed by atoms with van der Waals surface area (Å²) in [6, 6.07) is 14.4. The number of carbonyl (C=O) groups excluding carboxylic acids is 2. The molecule has 0 spiro atoms. The van der Waals surface area contributed by atoms with Crippen LogP contribution in [0.2, 0.25) is 0 Å². The number of hydrogen-bond donors (Lipinski definition) is 0. The van der Waals surface area contributed by atoms with Crippen LogP contribution in [-0.4, -0.2) is 30.2 Å². The van der Waals surface area contributed by atoms with Crippen molar-refractivity contribution in [2.24, 2.45) is 10.8 Å². The summed E-state index contributed by atoms with van der Waals surface area (Å²) in [5.41, 5.74) is 5.46. The lowest BCUT2D eigenvalue weighted by Crippen LogP contribution is -2.44. The lowest BCUT2D eigenvalue weighted by Gasteiger charge is -2.49. The van der Waals surface area contributed by atoms with Crippen LogP contribution < -0.4 is 9.47 Å². The van der Waals surface area contributed by atoms with Gasteiger partial charge < -0.3 is 14.4 Å². The smallest absolute Gasteiger partial charge is 0.174 e. The van der Waals surface area contributed by atoms with Gasteiger partial charge in [0.1, 0.15) is 0 Å². The molecular formula is C34H40INO4. The summed E-state index contributed by atoms with van der Waals surface area (Å²) in [7, 11) is 1.65. The van der Waals surface area contributed by atoms with Crippen LogP contribution in [0.25, 0.3) is 0 Å². The first kappa shape index (κ1) is 28.9. The highest BCUT2D eigenvalue weighted by Crippen LogP contribution is 2.55. The van der Waals surface area contributed by atoms with Gasteiger partial charge in [0, 0.05) is 47.8 Å². The molecule has 0 atom stereocenters. The number of Topliss-reactive ketones (excluding diaryl/α,β-unsaturated/α-hetero) is 2. The van der Waals surface area contributed by atoms with Gasteiger partial charge in [0.25, 0.3) is 0 Å². The average Bonchev–Trinajstić information content (AvgIpc) is 2.87. The number of ether oxygens (including phenoxy) is 2. The molecule has 3 aliphatic rings. The monoisotopic (exact) mass is 653 g/mol. The van der Waals surface area contributed by atoms with E-state index in [2.05, 4.69) is 92.4 Å². The SMILES string of the molecule is CCCOc1c(I)cc(C2C3=C(CC(C)(C)CC3=O)N(Cc3ccccc3)C3=C2C(=O)CC(C)(C)C3)cc1OC. The number of allylic oxidation sites excluding steroid dienone is 4. The Bertz CT molecular complexity index is 1350. The molecular weight excluding hydrogens is 613 g/mol. The van der Waals surface area contributed by atoms with Gasteiger partial charge in [-0.1, -0.05) is 65.0 Å². The van der Waals surface area contributed by atoms with E-state index in [9.17, 15) is 9.59 Å². The quantitative estimate of drug-likeness (QED) is 0.284. The third-order valence-electron chi connectivity index (χ3n) is 8.24.